The van der Waals surface area contributed by atoms with Crippen LogP contribution in [0.15, 0.2) is 11.6 Å². The molecular formula is C12H16ClF7OS. The van der Waals surface area contributed by atoms with Gasteiger partial charge in [0.15, 0.2) is 0 Å². The SMILES string of the molecule is CS(C)(Cl)CCCCCOC1=C(F)C(F)(F)C(F)(F)C1(F)F. The topological polar surface area (TPSA) is 9.23 Å². The summed E-state index contributed by atoms with van der Waals surface area (Å²) in [6.45, 7) is -0.553. The predicted molar refractivity (Wildman–Crippen MR) is 72.9 cm³/mol. The van der Waals surface area contributed by atoms with Crippen molar-refractivity contribution in [1.82, 2.24) is 0 Å². The summed E-state index contributed by atoms with van der Waals surface area (Å²) in [5.41, 5.74) is 0. The second-order valence-electron chi connectivity index (χ2n) is 5.38. The van der Waals surface area contributed by atoms with Gasteiger partial charge in [-0.1, -0.05) is 10.7 Å². The average Bonchev–Trinajstić information content (AvgIpc) is 2.42. The van der Waals surface area contributed by atoms with Gasteiger partial charge in [-0.3, -0.25) is 0 Å². The van der Waals surface area contributed by atoms with Crippen molar-refractivity contribution in [2.75, 3.05) is 24.9 Å². The molecule has 132 valence electrons. The van der Waals surface area contributed by atoms with E-state index in [1.165, 1.54) is 0 Å². The lowest BCUT2D eigenvalue weighted by atomic mass is 10.1. The molecule has 0 aromatic rings. The average molecular weight is 377 g/mol. The van der Waals surface area contributed by atoms with E-state index >= 15 is 0 Å². The van der Waals surface area contributed by atoms with Gasteiger partial charge in [-0.25, -0.2) is 4.39 Å². The van der Waals surface area contributed by atoms with E-state index < -0.39 is 45.2 Å². The monoisotopic (exact) mass is 376 g/mol. The molecule has 1 aliphatic carbocycles. The Hall–Kier alpha value is -0.310. The third kappa shape index (κ3) is 3.60. The minimum absolute atomic E-state index is 0.135. The first-order valence-electron chi connectivity index (χ1n) is 6.33. The first-order chi connectivity index (χ1) is 9.75. The predicted octanol–water partition coefficient (Wildman–Crippen LogP) is 5.49. The smallest absolute Gasteiger partial charge is 0.386 e. The molecule has 0 fully saturated rings. The molecule has 22 heavy (non-hydrogen) atoms. The van der Waals surface area contributed by atoms with Gasteiger partial charge in [0.05, 0.1) is 6.61 Å². The Morgan fingerprint density at radius 3 is 1.91 bits per heavy atom. The Bertz CT molecular complexity index is 445. The highest BCUT2D eigenvalue weighted by Crippen LogP contribution is 2.59. The van der Waals surface area contributed by atoms with Crippen LogP contribution in [0, 0.1) is 0 Å². The maximum atomic E-state index is 13.2. The Morgan fingerprint density at radius 1 is 0.955 bits per heavy atom. The van der Waals surface area contributed by atoms with Crippen molar-refractivity contribution in [3.05, 3.63) is 11.6 Å². The summed E-state index contributed by atoms with van der Waals surface area (Å²) in [4.78, 5) is 0. The standard InChI is InChI=1S/C12H16ClF7OS/c1-22(2,13)7-5-3-4-6-21-9-8(14)10(15,16)12(19,20)11(9,17)18/h3-7H2,1-2H3. The van der Waals surface area contributed by atoms with Crippen LogP contribution in [0.25, 0.3) is 0 Å². The summed E-state index contributed by atoms with van der Waals surface area (Å²) in [5.74, 6) is -21.3. The van der Waals surface area contributed by atoms with Gasteiger partial charge in [-0.05, 0) is 37.5 Å². The summed E-state index contributed by atoms with van der Waals surface area (Å²) in [7, 11) is 4.76. The molecule has 0 aromatic carbocycles. The molecule has 0 atom stereocenters. The van der Waals surface area contributed by atoms with E-state index in [2.05, 4.69) is 4.74 Å². The van der Waals surface area contributed by atoms with Crippen molar-refractivity contribution in [2.45, 2.75) is 37.0 Å². The molecule has 0 heterocycles. The second-order valence-corrected chi connectivity index (χ2v) is 11.1. The number of halogens is 8. The largest absolute Gasteiger partial charge is 0.489 e. The van der Waals surface area contributed by atoms with E-state index in [-0.39, 0.29) is 6.42 Å². The molecule has 0 saturated carbocycles. The fourth-order valence-electron chi connectivity index (χ4n) is 1.81. The molecule has 0 bridgehead atoms. The number of unbranched alkanes of at least 4 members (excludes halogenated alkanes) is 2. The number of hydrogen-bond acceptors (Lipinski definition) is 1. The van der Waals surface area contributed by atoms with Gasteiger partial charge in [0.2, 0.25) is 11.6 Å². The van der Waals surface area contributed by atoms with Crippen LogP contribution in [0.5, 0.6) is 0 Å². The summed E-state index contributed by atoms with van der Waals surface area (Å²) < 4.78 is 95.2. The van der Waals surface area contributed by atoms with Crippen LogP contribution in [0.1, 0.15) is 19.3 Å². The molecule has 0 spiro atoms. The van der Waals surface area contributed by atoms with Crippen LogP contribution in [0.2, 0.25) is 0 Å². The number of hydrogen-bond donors (Lipinski definition) is 0. The summed E-state index contributed by atoms with van der Waals surface area (Å²) in [5, 5.41) is 0. The van der Waals surface area contributed by atoms with Crippen molar-refractivity contribution in [2.24, 2.45) is 0 Å². The molecule has 1 aliphatic rings. The van der Waals surface area contributed by atoms with Crippen molar-refractivity contribution in [3.63, 3.8) is 0 Å². The first-order valence-corrected chi connectivity index (χ1v) is 9.77. The highest BCUT2D eigenvalue weighted by Gasteiger charge is 2.82. The van der Waals surface area contributed by atoms with Crippen molar-refractivity contribution in [3.8, 4) is 0 Å². The molecule has 0 aromatic heterocycles. The minimum atomic E-state index is -5.84. The quantitative estimate of drug-likeness (QED) is 0.421. The van der Waals surface area contributed by atoms with Crippen LogP contribution in [0.4, 0.5) is 30.7 Å². The lowest BCUT2D eigenvalue weighted by Gasteiger charge is -2.24. The van der Waals surface area contributed by atoms with E-state index in [0.29, 0.717) is 18.6 Å². The van der Waals surface area contributed by atoms with Gasteiger partial charge in [-0.2, -0.15) is 35.6 Å². The number of rotatable bonds is 7. The van der Waals surface area contributed by atoms with E-state index in [1.807, 2.05) is 12.5 Å². The molecule has 0 N–H and O–H groups in total. The lowest BCUT2D eigenvalue weighted by molar-refractivity contribution is -0.274. The van der Waals surface area contributed by atoms with Gasteiger partial charge >= 0.3 is 17.8 Å². The van der Waals surface area contributed by atoms with Gasteiger partial charge in [0.25, 0.3) is 0 Å². The first kappa shape index (κ1) is 19.7. The highest BCUT2D eigenvalue weighted by atomic mass is 35.7. The zero-order chi connectivity index (χ0) is 17.4. The molecule has 0 aliphatic heterocycles. The fourth-order valence-corrected chi connectivity index (χ4v) is 3.03. The Balaban J connectivity index is 2.57. The number of ether oxygens (including phenoxy) is 1. The maximum Gasteiger partial charge on any atom is 0.386 e. The molecule has 10 heteroatoms. The van der Waals surface area contributed by atoms with E-state index in [4.69, 9.17) is 10.7 Å². The van der Waals surface area contributed by atoms with Crippen molar-refractivity contribution in [1.29, 1.82) is 0 Å². The van der Waals surface area contributed by atoms with Crippen molar-refractivity contribution >= 4 is 19.9 Å². The second kappa shape index (κ2) is 6.30. The van der Waals surface area contributed by atoms with E-state index in [1.54, 1.807) is 0 Å². The van der Waals surface area contributed by atoms with Crippen LogP contribution < -0.4 is 0 Å². The normalized spacial score (nSPS) is 23.7. The molecule has 0 unspecified atom stereocenters. The molecule has 1 rings (SSSR count). The van der Waals surface area contributed by atoms with Gasteiger partial charge in [0, 0.05) is 0 Å². The molecule has 0 radical (unpaired) electrons. The number of alkyl halides is 6. The number of allylic oxidation sites excluding steroid dienone is 2. The highest BCUT2D eigenvalue weighted by molar-refractivity contribution is 8.50. The van der Waals surface area contributed by atoms with Crippen LogP contribution >= 0.6 is 19.9 Å². The van der Waals surface area contributed by atoms with E-state index in [9.17, 15) is 30.7 Å². The molecular weight excluding hydrogens is 361 g/mol. The van der Waals surface area contributed by atoms with Crippen molar-refractivity contribution < 1.29 is 35.5 Å². The third-order valence-electron chi connectivity index (χ3n) is 3.07. The van der Waals surface area contributed by atoms with E-state index in [0.717, 1.165) is 0 Å². The van der Waals surface area contributed by atoms with Crippen LogP contribution in [-0.4, -0.2) is 42.6 Å². The molecule has 0 saturated heterocycles. The van der Waals surface area contributed by atoms with Gasteiger partial charge in [-0.15, -0.1) is 0 Å². The summed E-state index contributed by atoms with van der Waals surface area (Å²) >= 11 is 0. The zero-order valence-corrected chi connectivity index (χ0v) is 13.4. The summed E-state index contributed by atoms with van der Waals surface area (Å²) in [6.07, 6.45) is 4.95. The Labute approximate surface area is 129 Å². The minimum Gasteiger partial charge on any atom is -0.489 e. The van der Waals surface area contributed by atoms with Crippen LogP contribution in [0.3, 0.4) is 0 Å². The molecule has 0 amide bonds. The molecule has 1 nitrogen and oxygen atoms in total. The van der Waals surface area contributed by atoms with Gasteiger partial charge < -0.3 is 4.74 Å². The maximum absolute atomic E-state index is 13.2. The summed E-state index contributed by atoms with van der Waals surface area (Å²) in [6, 6.07) is 0. The van der Waals surface area contributed by atoms with Gasteiger partial charge in [0.1, 0.15) is 0 Å². The Kier molecular flexibility index (Phi) is 5.65. The lowest BCUT2D eigenvalue weighted by Crippen LogP contribution is -2.49. The zero-order valence-electron chi connectivity index (χ0n) is 11.9. The third-order valence-corrected chi connectivity index (χ3v) is 4.79. The van der Waals surface area contributed by atoms with Crippen LogP contribution in [-0.2, 0) is 4.74 Å². The Morgan fingerprint density at radius 2 is 1.50 bits per heavy atom. The fraction of sp³-hybridized carbons (Fsp3) is 0.833.